The van der Waals surface area contributed by atoms with Crippen LogP contribution in [0.1, 0.15) is 69.4 Å². The monoisotopic (exact) mass is 503 g/mol. The first-order valence-electron chi connectivity index (χ1n) is 12.9. The second-order valence-corrected chi connectivity index (χ2v) is 11.3. The number of carboxylic acids is 1. The maximum Gasteiger partial charge on any atom is 0.335 e. The van der Waals surface area contributed by atoms with Gasteiger partial charge in [-0.25, -0.2) is 4.79 Å². The number of allylic oxidation sites excluding steroid dienone is 2. The Morgan fingerprint density at radius 3 is 2.24 bits per heavy atom. The Morgan fingerprint density at radius 1 is 0.842 bits per heavy atom. The predicted molar refractivity (Wildman–Crippen MR) is 147 cm³/mol. The summed E-state index contributed by atoms with van der Waals surface area (Å²) in [6.07, 6.45) is 5.18. The van der Waals surface area contributed by atoms with Crippen molar-refractivity contribution >= 4 is 23.2 Å². The van der Waals surface area contributed by atoms with Crippen LogP contribution >= 0.6 is 0 Å². The lowest BCUT2D eigenvalue weighted by atomic mass is 9.58. The SMILES string of the molecule is CC1(C)C(c2ccc(C(=O)O)cc2)=CC[C@@]2(C)CN(C(=O)c3cccc4c3C(=O)c3ccccc3-4)CC=C12. The molecule has 3 aliphatic rings. The minimum absolute atomic E-state index is 0.0840. The number of amides is 1. The molecule has 0 radical (unpaired) electrons. The van der Waals surface area contributed by atoms with Gasteiger partial charge in [0.15, 0.2) is 5.78 Å². The van der Waals surface area contributed by atoms with Gasteiger partial charge in [0.1, 0.15) is 0 Å². The maximum atomic E-state index is 13.9. The van der Waals surface area contributed by atoms with E-state index in [9.17, 15) is 19.5 Å². The van der Waals surface area contributed by atoms with E-state index in [-0.39, 0.29) is 28.1 Å². The molecule has 0 saturated carbocycles. The van der Waals surface area contributed by atoms with E-state index in [0.717, 1.165) is 23.1 Å². The third-order valence-corrected chi connectivity index (χ3v) is 8.52. The quantitative estimate of drug-likeness (QED) is 0.324. The molecule has 2 aliphatic carbocycles. The highest BCUT2D eigenvalue weighted by atomic mass is 16.4. The van der Waals surface area contributed by atoms with Crippen molar-refractivity contribution < 1.29 is 19.5 Å². The third-order valence-electron chi connectivity index (χ3n) is 8.52. The molecule has 0 saturated heterocycles. The van der Waals surface area contributed by atoms with Gasteiger partial charge in [-0.3, -0.25) is 9.59 Å². The summed E-state index contributed by atoms with van der Waals surface area (Å²) < 4.78 is 0. The van der Waals surface area contributed by atoms with Gasteiger partial charge in [-0.05, 0) is 46.9 Å². The molecule has 1 atom stereocenters. The second kappa shape index (κ2) is 8.38. The maximum absolute atomic E-state index is 13.9. The number of fused-ring (bicyclic) bond motifs is 4. The van der Waals surface area contributed by atoms with Gasteiger partial charge in [-0.1, -0.05) is 87.0 Å². The Labute approximate surface area is 222 Å². The van der Waals surface area contributed by atoms with Gasteiger partial charge >= 0.3 is 5.97 Å². The van der Waals surface area contributed by atoms with Crippen LogP contribution in [0.25, 0.3) is 16.7 Å². The highest BCUT2D eigenvalue weighted by molar-refractivity contribution is 6.25. The van der Waals surface area contributed by atoms with E-state index < -0.39 is 5.97 Å². The molecule has 0 fully saturated rings. The van der Waals surface area contributed by atoms with Crippen LogP contribution < -0.4 is 0 Å². The molecular formula is C33H29NO4. The van der Waals surface area contributed by atoms with Crippen molar-refractivity contribution in [2.45, 2.75) is 27.2 Å². The number of nitrogens with zero attached hydrogens (tertiary/aromatic N) is 1. The van der Waals surface area contributed by atoms with Crippen molar-refractivity contribution in [3.8, 4) is 11.1 Å². The van der Waals surface area contributed by atoms with Crippen molar-refractivity contribution in [1.82, 2.24) is 4.90 Å². The lowest BCUT2D eigenvalue weighted by Gasteiger charge is -2.50. The van der Waals surface area contributed by atoms with Crippen molar-refractivity contribution in [2.24, 2.45) is 10.8 Å². The number of carbonyl (C=O) groups is 3. The predicted octanol–water partition coefficient (Wildman–Crippen LogP) is 6.50. The van der Waals surface area contributed by atoms with Gasteiger partial charge < -0.3 is 10.0 Å². The van der Waals surface area contributed by atoms with E-state index in [4.69, 9.17) is 0 Å². The minimum Gasteiger partial charge on any atom is -0.478 e. The van der Waals surface area contributed by atoms with Crippen LogP contribution in [0.4, 0.5) is 0 Å². The fourth-order valence-corrected chi connectivity index (χ4v) is 6.78. The van der Waals surface area contributed by atoms with Crippen LogP contribution in [0, 0.1) is 10.8 Å². The molecule has 1 amide bonds. The molecule has 0 bridgehead atoms. The summed E-state index contributed by atoms with van der Waals surface area (Å²) in [4.78, 5) is 40.3. The van der Waals surface area contributed by atoms with E-state index in [1.807, 2.05) is 53.4 Å². The first-order chi connectivity index (χ1) is 18.1. The minimum atomic E-state index is -0.935. The Kier molecular flexibility index (Phi) is 5.32. The normalized spacial score (nSPS) is 21.1. The molecule has 0 unspecified atom stereocenters. The molecular weight excluding hydrogens is 474 g/mol. The van der Waals surface area contributed by atoms with Crippen molar-refractivity contribution in [3.05, 3.63) is 112 Å². The molecule has 1 heterocycles. The van der Waals surface area contributed by atoms with Gasteiger partial charge in [0.2, 0.25) is 0 Å². The largest absolute Gasteiger partial charge is 0.478 e. The number of hydrogen-bond donors (Lipinski definition) is 1. The molecule has 1 N–H and O–H groups in total. The summed E-state index contributed by atoms with van der Waals surface area (Å²) in [5.41, 5.74) is 6.56. The number of carboxylic acid groups (broad SMARTS) is 1. The topological polar surface area (TPSA) is 74.7 Å². The molecule has 5 heteroatoms. The van der Waals surface area contributed by atoms with Crippen LogP contribution in [0.15, 0.2) is 84.5 Å². The van der Waals surface area contributed by atoms with Crippen LogP contribution in [-0.2, 0) is 0 Å². The summed E-state index contributed by atoms with van der Waals surface area (Å²) in [6.45, 7) is 7.64. The first-order valence-corrected chi connectivity index (χ1v) is 12.9. The number of hydrogen-bond acceptors (Lipinski definition) is 3. The summed E-state index contributed by atoms with van der Waals surface area (Å²) in [7, 11) is 0. The standard InChI is InChI=1S/C33H29NO4/c1-32(2)26(20-11-13-21(14-12-20)31(37)38)15-17-33(3)19-34(18-16-27(32)33)30(36)25-10-6-9-23-22-7-4-5-8-24(22)29(35)28(23)25/h4-16H,17-19H2,1-3H3,(H,37,38)/t33-/m0/s1. The van der Waals surface area contributed by atoms with E-state index >= 15 is 0 Å². The highest BCUT2D eigenvalue weighted by Gasteiger charge is 2.47. The zero-order valence-electron chi connectivity index (χ0n) is 21.7. The molecule has 0 aromatic heterocycles. The van der Waals surface area contributed by atoms with Crippen molar-refractivity contribution in [3.63, 3.8) is 0 Å². The Bertz CT molecular complexity index is 1590. The third kappa shape index (κ3) is 3.49. The number of aromatic carboxylic acids is 1. The molecule has 190 valence electrons. The van der Waals surface area contributed by atoms with Crippen molar-refractivity contribution in [2.75, 3.05) is 13.1 Å². The molecule has 6 rings (SSSR count). The van der Waals surface area contributed by atoms with E-state index in [2.05, 4.69) is 32.9 Å². The molecule has 0 spiro atoms. The van der Waals surface area contributed by atoms with Gasteiger partial charge in [0.25, 0.3) is 5.91 Å². The number of rotatable bonds is 3. The van der Waals surface area contributed by atoms with Crippen LogP contribution in [-0.4, -0.2) is 40.8 Å². The van der Waals surface area contributed by atoms with Gasteiger partial charge in [-0.15, -0.1) is 0 Å². The summed E-state index contributed by atoms with van der Waals surface area (Å²) in [5, 5.41) is 9.27. The first kappa shape index (κ1) is 24.1. The van der Waals surface area contributed by atoms with E-state index in [1.54, 1.807) is 18.2 Å². The average molecular weight is 504 g/mol. The fraction of sp³-hybridized carbons (Fsp3) is 0.242. The lowest BCUT2D eigenvalue weighted by Crippen LogP contribution is -2.49. The number of ketones is 1. The van der Waals surface area contributed by atoms with Crippen LogP contribution in [0.3, 0.4) is 0 Å². The Hall–Kier alpha value is -4.25. The second-order valence-electron chi connectivity index (χ2n) is 11.3. The van der Waals surface area contributed by atoms with Crippen molar-refractivity contribution in [1.29, 1.82) is 0 Å². The van der Waals surface area contributed by atoms with Gasteiger partial charge in [0, 0.05) is 35.0 Å². The van der Waals surface area contributed by atoms with Crippen LogP contribution in [0.2, 0.25) is 0 Å². The van der Waals surface area contributed by atoms with E-state index in [0.29, 0.717) is 29.8 Å². The Balaban J connectivity index is 1.31. The summed E-state index contributed by atoms with van der Waals surface area (Å²) >= 11 is 0. The van der Waals surface area contributed by atoms with Gasteiger partial charge in [-0.2, -0.15) is 0 Å². The van der Waals surface area contributed by atoms with Gasteiger partial charge in [0.05, 0.1) is 11.1 Å². The molecule has 3 aromatic carbocycles. The highest BCUT2D eigenvalue weighted by Crippen LogP contribution is 2.55. The van der Waals surface area contributed by atoms with Crippen LogP contribution in [0.5, 0.6) is 0 Å². The molecule has 38 heavy (non-hydrogen) atoms. The number of benzene rings is 3. The average Bonchev–Trinajstić information content (AvgIpc) is 3.20. The number of carbonyl (C=O) groups excluding carboxylic acids is 2. The summed E-state index contributed by atoms with van der Waals surface area (Å²) in [5.74, 6) is -1.13. The molecule has 3 aromatic rings. The zero-order valence-corrected chi connectivity index (χ0v) is 21.7. The zero-order chi connectivity index (χ0) is 26.8. The molecule has 5 nitrogen and oxygen atoms in total. The fourth-order valence-electron chi connectivity index (χ4n) is 6.78. The van der Waals surface area contributed by atoms with E-state index in [1.165, 1.54) is 11.1 Å². The Morgan fingerprint density at radius 2 is 1.53 bits per heavy atom. The lowest BCUT2D eigenvalue weighted by molar-refractivity contribution is 0.0676. The smallest absolute Gasteiger partial charge is 0.335 e. The summed E-state index contributed by atoms with van der Waals surface area (Å²) in [6, 6.07) is 20.2. The molecule has 1 aliphatic heterocycles.